The lowest BCUT2D eigenvalue weighted by Gasteiger charge is -2.04. The third-order valence-corrected chi connectivity index (χ3v) is 4.60. The summed E-state index contributed by atoms with van der Waals surface area (Å²) in [4.78, 5) is 23.0. The van der Waals surface area contributed by atoms with Crippen LogP contribution in [0.15, 0.2) is 29.0 Å². The van der Waals surface area contributed by atoms with Crippen LogP contribution in [0.4, 0.5) is 5.82 Å². The first-order chi connectivity index (χ1) is 11.0. The van der Waals surface area contributed by atoms with Crippen LogP contribution < -0.4 is 5.32 Å². The molecule has 0 unspecified atom stereocenters. The van der Waals surface area contributed by atoms with Gasteiger partial charge in [0.2, 0.25) is 5.91 Å². The van der Waals surface area contributed by atoms with Gasteiger partial charge in [0.1, 0.15) is 22.0 Å². The van der Waals surface area contributed by atoms with Crippen LogP contribution in [0.5, 0.6) is 0 Å². The average Bonchev–Trinajstić information content (AvgIpc) is 2.83. The molecule has 114 valence electrons. The monoisotopic (exact) mass is 481 g/mol. The Morgan fingerprint density at radius 1 is 1.48 bits per heavy atom. The van der Waals surface area contributed by atoms with Gasteiger partial charge in [-0.25, -0.2) is 9.97 Å². The van der Waals surface area contributed by atoms with Crippen molar-refractivity contribution in [2.75, 3.05) is 5.32 Å². The highest BCUT2D eigenvalue weighted by Crippen LogP contribution is 2.33. The number of carbonyl (C=O) groups is 1. The highest BCUT2D eigenvalue weighted by atomic mass is 127. The van der Waals surface area contributed by atoms with Gasteiger partial charge in [0.05, 0.1) is 20.3 Å². The fourth-order valence-electron chi connectivity index (χ4n) is 2.22. The van der Waals surface area contributed by atoms with Gasteiger partial charge in [-0.3, -0.25) is 4.79 Å². The largest absolute Gasteiger partial charge is 0.351 e. The summed E-state index contributed by atoms with van der Waals surface area (Å²) >= 11 is 5.52. The van der Waals surface area contributed by atoms with Crippen molar-refractivity contribution in [3.63, 3.8) is 0 Å². The number of fused-ring (bicyclic) bond motifs is 1. The lowest BCUT2D eigenvalue weighted by atomic mass is 10.2. The van der Waals surface area contributed by atoms with E-state index in [9.17, 15) is 10.1 Å². The minimum absolute atomic E-state index is 0.182. The molecule has 2 N–H and O–H groups in total. The number of nitrogens with zero attached hydrogens (tertiary/aromatic N) is 3. The summed E-state index contributed by atoms with van der Waals surface area (Å²) in [6, 6.07) is 7.45. The Labute approximate surface area is 153 Å². The van der Waals surface area contributed by atoms with E-state index in [1.807, 2.05) is 6.07 Å². The van der Waals surface area contributed by atoms with Gasteiger partial charge >= 0.3 is 0 Å². The molecule has 6 nitrogen and oxygen atoms in total. The number of carbonyl (C=O) groups excluding carboxylic acids is 1. The summed E-state index contributed by atoms with van der Waals surface area (Å²) in [5.41, 5.74) is 3.61. The molecule has 0 saturated carbocycles. The second-order valence-electron chi connectivity index (χ2n) is 4.75. The van der Waals surface area contributed by atoms with Crippen LogP contribution in [0, 0.1) is 14.9 Å². The van der Waals surface area contributed by atoms with Gasteiger partial charge in [-0.1, -0.05) is 0 Å². The summed E-state index contributed by atoms with van der Waals surface area (Å²) in [5, 5.41) is 12.0. The number of amides is 1. The van der Waals surface area contributed by atoms with E-state index in [0.717, 1.165) is 20.3 Å². The molecule has 0 spiro atoms. The van der Waals surface area contributed by atoms with Gasteiger partial charge in [0.15, 0.2) is 0 Å². The van der Waals surface area contributed by atoms with E-state index in [-0.39, 0.29) is 5.91 Å². The first-order valence-electron chi connectivity index (χ1n) is 6.51. The number of halogens is 2. The molecule has 1 amide bonds. The molecule has 3 rings (SSSR count). The Balaban J connectivity index is 2.20. The minimum atomic E-state index is -0.182. The quantitative estimate of drug-likeness (QED) is 0.429. The summed E-state index contributed by atoms with van der Waals surface area (Å²) in [6.45, 7) is 1.43. The maximum Gasteiger partial charge on any atom is 0.222 e. The van der Waals surface area contributed by atoms with Gasteiger partial charge in [-0.05, 0) is 56.7 Å². The van der Waals surface area contributed by atoms with Crippen LogP contribution in [-0.4, -0.2) is 20.9 Å². The Bertz CT molecular complexity index is 976. The molecule has 0 bridgehead atoms. The number of hydrogen-bond acceptors (Lipinski definition) is 4. The maximum absolute atomic E-state index is 11.2. The van der Waals surface area contributed by atoms with Crippen molar-refractivity contribution in [2.45, 2.75) is 6.92 Å². The number of hydrogen-bond donors (Lipinski definition) is 2. The first kappa shape index (κ1) is 15.9. The fraction of sp³-hybridized carbons (Fsp3) is 0.0667. The summed E-state index contributed by atoms with van der Waals surface area (Å²) in [5.74, 6) is 0.289. The van der Waals surface area contributed by atoms with E-state index >= 15 is 0 Å². The zero-order valence-electron chi connectivity index (χ0n) is 11.8. The lowest BCUT2D eigenvalue weighted by Crippen LogP contribution is -2.07. The summed E-state index contributed by atoms with van der Waals surface area (Å²) < 4.78 is 1.51. The van der Waals surface area contributed by atoms with E-state index in [2.05, 4.69) is 64.9 Å². The predicted molar refractivity (Wildman–Crippen MR) is 98.8 cm³/mol. The molecule has 3 heterocycles. The number of aromatic nitrogens is 3. The first-order valence-corrected chi connectivity index (χ1v) is 8.38. The van der Waals surface area contributed by atoms with E-state index in [1.165, 1.54) is 6.92 Å². The fourth-order valence-corrected chi connectivity index (χ4v) is 3.46. The number of H-pyrrole nitrogens is 1. The summed E-state index contributed by atoms with van der Waals surface area (Å²) in [7, 11) is 0. The van der Waals surface area contributed by atoms with Crippen LogP contribution >= 0.6 is 38.5 Å². The second kappa shape index (κ2) is 6.25. The Morgan fingerprint density at radius 2 is 2.26 bits per heavy atom. The molecular weight excluding hydrogens is 473 g/mol. The van der Waals surface area contributed by atoms with E-state index in [4.69, 9.17) is 0 Å². The van der Waals surface area contributed by atoms with Crippen molar-refractivity contribution in [1.82, 2.24) is 15.0 Å². The molecule has 23 heavy (non-hydrogen) atoms. The lowest BCUT2D eigenvalue weighted by molar-refractivity contribution is -0.114. The normalized spacial score (nSPS) is 10.5. The molecule has 0 aliphatic carbocycles. The topological polar surface area (TPSA) is 94.5 Å². The number of nitriles is 1. The highest BCUT2D eigenvalue weighted by molar-refractivity contribution is 14.1. The van der Waals surface area contributed by atoms with Crippen molar-refractivity contribution < 1.29 is 4.79 Å². The van der Waals surface area contributed by atoms with Crippen LogP contribution in [-0.2, 0) is 4.79 Å². The molecule has 0 aliphatic rings. The average molecular weight is 482 g/mol. The van der Waals surface area contributed by atoms with Crippen molar-refractivity contribution in [3.05, 3.63) is 38.1 Å². The SMILES string of the molecule is CC(=O)Nc1cc(-c2[nH]c3c(C#N)cc(Br)nc3c2I)ccn1. The number of rotatable bonds is 2. The van der Waals surface area contributed by atoms with Gasteiger partial charge in [-0.15, -0.1) is 0 Å². The molecule has 0 saturated heterocycles. The van der Waals surface area contributed by atoms with E-state index < -0.39 is 0 Å². The predicted octanol–water partition coefficient (Wildman–Crippen LogP) is 3.82. The van der Waals surface area contributed by atoms with Crippen molar-refractivity contribution in [1.29, 1.82) is 5.26 Å². The minimum Gasteiger partial charge on any atom is -0.351 e. The summed E-state index contributed by atoms with van der Waals surface area (Å²) in [6.07, 6.45) is 1.62. The number of pyridine rings is 2. The smallest absolute Gasteiger partial charge is 0.222 e. The van der Waals surface area contributed by atoms with E-state index in [1.54, 1.807) is 18.3 Å². The van der Waals surface area contributed by atoms with E-state index in [0.29, 0.717) is 21.5 Å². The number of nitrogens with one attached hydrogen (secondary N) is 2. The van der Waals surface area contributed by atoms with Crippen molar-refractivity contribution in [3.8, 4) is 17.3 Å². The maximum atomic E-state index is 11.2. The van der Waals surface area contributed by atoms with Gasteiger partial charge in [0, 0.05) is 18.7 Å². The van der Waals surface area contributed by atoms with Crippen LogP contribution in [0.3, 0.4) is 0 Å². The Hall–Kier alpha value is -1.99. The molecule has 0 fully saturated rings. The second-order valence-corrected chi connectivity index (χ2v) is 6.64. The number of anilines is 1. The standard InChI is InChI=1S/C15H9BrIN5O/c1-7(23)20-11-5-8(2-3-19-11)13-12(17)15-14(22-13)9(6-18)4-10(16)21-15/h2-5,22H,1H3,(H,19,20,23). The molecule has 3 aromatic rings. The zero-order valence-corrected chi connectivity index (χ0v) is 15.6. The van der Waals surface area contributed by atoms with Crippen LogP contribution in [0.1, 0.15) is 12.5 Å². The molecule has 0 radical (unpaired) electrons. The van der Waals surface area contributed by atoms with Crippen LogP contribution in [0.2, 0.25) is 0 Å². The van der Waals surface area contributed by atoms with Gasteiger partial charge in [-0.2, -0.15) is 5.26 Å². The molecule has 0 aromatic carbocycles. The highest BCUT2D eigenvalue weighted by Gasteiger charge is 2.16. The Morgan fingerprint density at radius 3 is 2.96 bits per heavy atom. The zero-order chi connectivity index (χ0) is 16.6. The van der Waals surface area contributed by atoms with Gasteiger partial charge < -0.3 is 10.3 Å². The molecular formula is C15H9BrIN5O. The van der Waals surface area contributed by atoms with Crippen LogP contribution in [0.25, 0.3) is 22.3 Å². The Kier molecular flexibility index (Phi) is 4.32. The third-order valence-electron chi connectivity index (χ3n) is 3.14. The third kappa shape index (κ3) is 3.07. The number of aromatic amines is 1. The van der Waals surface area contributed by atoms with Crippen molar-refractivity contribution >= 4 is 61.3 Å². The molecule has 0 aliphatic heterocycles. The molecule has 0 atom stereocenters. The van der Waals surface area contributed by atoms with Gasteiger partial charge in [0.25, 0.3) is 0 Å². The van der Waals surface area contributed by atoms with Crippen molar-refractivity contribution in [2.24, 2.45) is 0 Å². The molecule has 3 aromatic heterocycles. The molecule has 8 heteroatoms.